The molecule has 2 rings (SSSR count). The molecule has 25 heavy (non-hydrogen) atoms. The van der Waals surface area contributed by atoms with Gasteiger partial charge in [0.25, 0.3) is 5.91 Å². The van der Waals surface area contributed by atoms with Gasteiger partial charge in [-0.1, -0.05) is 49.7 Å². The van der Waals surface area contributed by atoms with Crippen molar-refractivity contribution in [3.05, 3.63) is 59.6 Å². The summed E-state index contributed by atoms with van der Waals surface area (Å²) in [6, 6.07) is 15.2. The average Bonchev–Trinajstić information content (AvgIpc) is 2.58. The molecule has 2 aromatic rings. The summed E-state index contributed by atoms with van der Waals surface area (Å²) in [5, 5.41) is 6.00. The Bertz CT molecular complexity index is 720. The molecular formula is C19H21ClN2O3. The summed E-state index contributed by atoms with van der Waals surface area (Å²) in [5.41, 5.74) is 0.581. The maximum atomic E-state index is 12.5. The van der Waals surface area contributed by atoms with E-state index in [1.807, 2.05) is 32.0 Å². The van der Waals surface area contributed by atoms with Crippen LogP contribution in [0.1, 0.15) is 13.8 Å². The van der Waals surface area contributed by atoms with Gasteiger partial charge < -0.3 is 15.4 Å². The quantitative estimate of drug-likeness (QED) is 0.794. The number of hydrogen-bond donors (Lipinski definition) is 2. The molecule has 0 fully saturated rings. The molecule has 132 valence electrons. The molecule has 0 aliphatic carbocycles. The summed E-state index contributed by atoms with van der Waals surface area (Å²) in [7, 11) is 0. The van der Waals surface area contributed by atoms with Gasteiger partial charge in [-0.15, -0.1) is 0 Å². The van der Waals surface area contributed by atoms with Crippen LogP contribution in [0.15, 0.2) is 54.6 Å². The van der Waals surface area contributed by atoms with Crippen molar-refractivity contribution in [2.24, 2.45) is 5.92 Å². The lowest BCUT2D eigenvalue weighted by molar-refractivity contribution is -0.128. The van der Waals surface area contributed by atoms with Gasteiger partial charge in [0.15, 0.2) is 6.61 Å². The Morgan fingerprint density at radius 2 is 1.80 bits per heavy atom. The van der Waals surface area contributed by atoms with Crippen molar-refractivity contribution in [1.29, 1.82) is 0 Å². The van der Waals surface area contributed by atoms with Crippen molar-refractivity contribution in [3.63, 3.8) is 0 Å². The fourth-order valence-corrected chi connectivity index (χ4v) is 2.39. The van der Waals surface area contributed by atoms with Crippen LogP contribution in [0, 0.1) is 5.92 Å². The van der Waals surface area contributed by atoms with Crippen LogP contribution < -0.4 is 15.4 Å². The third kappa shape index (κ3) is 6.12. The Balaban J connectivity index is 1.92. The SMILES string of the molecule is CC(C)[C@H](NC(=O)COc1ccccc1)C(=O)Nc1cccc(Cl)c1. The van der Waals surface area contributed by atoms with E-state index >= 15 is 0 Å². The van der Waals surface area contributed by atoms with E-state index < -0.39 is 6.04 Å². The first-order chi connectivity index (χ1) is 12.0. The van der Waals surface area contributed by atoms with Crippen molar-refractivity contribution in [2.75, 3.05) is 11.9 Å². The molecule has 2 amide bonds. The first-order valence-corrected chi connectivity index (χ1v) is 8.37. The van der Waals surface area contributed by atoms with Gasteiger partial charge in [0.1, 0.15) is 11.8 Å². The predicted octanol–water partition coefficient (Wildman–Crippen LogP) is 3.50. The van der Waals surface area contributed by atoms with E-state index in [2.05, 4.69) is 10.6 Å². The predicted molar refractivity (Wildman–Crippen MR) is 98.8 cm³/mol. The van der Waals surface area contributed by atoms with Crippen LogP contribution in [0.5, 0.6) is 5.75 Å². The highest BCUT2D eigenvalue weighted by atomic mass is 35.5. The van der Waals surface area contributed by atoms with Gasteiger partial charge in [0.05, 0.1) is 0 Å². The Morgan fingerprint density at radius 3 is 2.44 bits per heavy atom. The minimum Gasteiger partial charge on any atom is -0.484 e. The number of para-hydroxylation sites is 1. The first kappa shape index (κ1) is 18.8. The second kappa shape index (κ2) is 9.08. The largest absolute Gasteiger partial charge is 0.484 e. The molecule has 0 radical (unpaired) electrons. The molecule has 5 nitrogen and oxygen atoms in total. The molecule has 0 unspecified atom stereocenters. The summed E-state index contributed by atoms with van der Waals surface area (Å²) in [6.45, 7) is 3.57. The number of halogens is 1. The van der Waals surface area contributed by atoms with Crippen molar-refractivity contribution >= 4 is 29.1 Å². The molecule has 0 bridgehead atoms. The summed E-state index contributed by atoms with van der Waals surface area (Å²) in [6.07, 6.45) is 0. The molecule has 1 atom stereocenters. The van der Waals surface area contributed by atoms with Gasteiger partial charge in [0.2, 0.25) is 5.91 Å². The lowest BCUT2D eigenvalue weighted by Gasteiger charge is -2.22. The number of benzene rings is 2. The van der Waals surface area contributed by atoms with Crippen LogP contribution in [0.3, 0.4) is 0 Å². The van der Waals surface area contributed by atoms with Crippen LogP contribution in [-0.2, 0) is 9.59 Å². The molecular weight excluding hydrogens is 340 g/mol. The molecule has 0 saturated carbocycles. The molecule has 0 heterocycles. The van der Waals surface area contributed by atoms with Crippen LogP contribution in [-0.4, -0.2) is 24.5 Å². The van der Waals surface area contributed by atoms with Crippen LogP contribution >= 0.6 is 11.6 Å². The second-order valence-corrected chi connectivity index (χ2v) is 6.33. The number of anilines is 1. The maximum Gasteiger partial charge on any atom is 0.258 e. The lowest BCUT2D eigenvalue weighted by atomic mass is 10.0. The van der Waals surface area contributed by atoms with Crippen molar-refractivity contribution < 1.29 is 14.3 Å². The van der Waals surface area contributed by atoms with Crippen molar-refractivity contribution in [2.45, 2.75) is 19.9 Å². The second-order valence-electron chi connectivity index (χ2n) is 5.89. The van der Waals surface area contributed by atoms with E-state index in [0.717, 1.165) is 0 Å². The smallest absolute Gasteiger partial charge is 0.258 e. The fraction of sp³-hybridized carbons (Fsp3) is 0.263. The van der Waals surface area contributed by atoms with Crippen molar-refractivity contribution in [1.82, 2.24) is 5.32 Å². The van der Waals surface area contributed by atoms with E-state index in [9.17, 15) is 9.59 Å². The highest BCUT2D eigenvalue weighted by Crippen LogP contribution is 2.16. The zero-order chi connectivity index (χ0) is 18.2. The number of carbonyl (C=O) groups excluding carboxylic acids is 2. The van der Waals surface area contributed by atoms with Gasteiger partial charge >= 0.3 is 0 Å². The van der Waals surface area contributed by atoms with Crippen LogP contribution in [0.4, 0.5) is 5.69 Å². The van der Waals surface area contributed by atoms with E-state index in [1.54, 1.807) is 36.4 Å². The first-order valence-electron chi connectivity index (χ1n) is 7.99. The summed E-state index contributed by atoms with van der Waals surface area (Å²) in [4.78, 5) is 24.6. The number of hydrogen-bond acceptors (Lipinski definition) is 3. The number of ether oxygens (including phenoxy) is 1. The molecule has 2 aromatic carbocycles. The Labute approximate surface area is 152 Å². The summed E-state index contributed by atoms with van der Waals surface area (Å²) in [5.74, 6) is -0.142. The minimum atomic E-state index is -0.675. The number of amides is 2. The van der Waals surface area contributed by atoms with Gasteiger partial charge in [-0.3, -0.25) is 9.59 Å². The van der Waals surface area contributed by atoms with Crippen LogP contribution in [0.2, 0.25) is 5.02 Å². The number of nitrogens with one attached hydrogen (secondary N) is 2. The van der Waals surface area contributed by atoms with Gasteiger partial charge in [-0.25, -0.2) is 0 Å². The van der Waals surface area contributed by atoms with Gasteiger partial charge in [-0.2, -0.15) is 0 Å². The molecule has 0 spiro atoms. The molecule has 0 aliphatic rings. The highest BCUT2D eigenvalue weighted by Gasteiger charge is 2.24. The van der Waals surface area contributed by atoms with Crippen LogP contribution in [0.25, 0.3) is 0 Å². The highest BCUT2D eigenvalue weighted by molar-refractivity contribution is 6.30. The standard InChI is InChI=1S/C19H21ClN2O3/c1-13(2)18(19(24)21-15-8-6-7-14(20)11-15)22-17(23)12-25-16-9-4-3-5-10-16/h3-11,13,18H,12H2,1-2H3,(H,21,24)(H,22,23)/t18-/m0/s1. The summed E-state index contributed by atoms with van der Waals surface area (Å²) < 4.78 is 5.40. The lowest BCUT2D eigenvalue weighted by Crippen LogP contribution is -2.48. The van der Waals surface area contributed by atoms with Gasteiger partial charge in [-0.05, 0) is 36.2 Å². The topological polar surface area (TPSA) is 67.4 Å². The Hall–Kier alpha value is -2.53. The maximum absolute atomic E-state index is 12.5. The van der Waals surface area contributed by atoms with E-state index in [0.29, 0.717) is 16.5 Å². The number of carbonyl (C=O) groups is 2. The molecule has 0 aromatic heterocycles. The van der Waals surface area contributed by atoms with E-state index in [-0.39, 0.29) is 24.3 Å². The summed E-state index contributed by atoms with van der Waals surface area (Å²) >= 11 is 5.92. The third-order valence-electron chi connectivity index (χ3n) is 3.47. The zero-order valence-electron chi connectivity index (χ0n) is 14.2. The Morgan fingerprint density at radius 1 is 1.08 bits per heavy atom. The molecule has 6 heteroatoms. The molecule has 0 aliphatic heterocycles. The normalized spacial score (nSPS) is 11.7. The van der Waals surface area contributed by atoms with E-state index in [4.69, 9.17) is 16.3 Å². The molecule has 0 saturated heterocycles. The fourth-order valence-electron chi connectivity index (χ4n) is 2.20. The third-order valence-corrected chi connectivity index (χ3v) is 3.71. The zero-order valence-corrected chi connectivity index (χ0v) is 14.9. The minimum absolute atomic E-state index is 0.0835. The number of rotatable bonds is 7. The molecule has 2 N–H and O–H groups in total. The van der Waals surface area contributed by atoms with E-state index in [1.165, 1.54) is 0 Å². The van der Waals surface area contributed by atoms with Gasteiger partial charge in [0, 0.05) is 10.7 Å². The van der Waals surface area contributed by atoms with Crippen molar-refractivity contribution in [3.8, 4) is 5.75 Å². The average molecular weight is 361 g/mol. The Kier molecular flexibility index (Phi) is 6.83. The monoisotopic (exact) mass is 360 g/mol.